The summed E-state index contributed by atoms with van der Waals surface area (Å²) >= 11 is 0. The van der Waals surface area contributed by atoms with E-state index >= 15 is 0 Å². The molecule has 0 saturated heterocycles. The predicted molar refractivity (Wildman–Crippen MR) is 108 cm³/mol. The first-order valence-electron chi connectivity index (χ1n) is 9.70. The van der Waals surface area contributed by atoms with Crippen LogP contribution >= 0.6 is 0 Å². The molecule has 0 spiro atoms. The number of nitrogens with zero attached hydrogens (tertiary/aromatic N) is 1. The van der Waals surface area contributed by atoms with E-state index in [1.165, 1.54) is 31.5 Å². The van der Waals surface area contributed by atoms with Crippen molar-refractivity contribution in [1.29, 1.82) is 0 Å². The molecule has 29 heavy (non-hydrogen) atoms. The molecule has 2 heterocycles. The smallest absolute Gasteiger partial charge is 0.331 e. The molecule has 1 N–H and O–H groups in total. The molecule has 1 aliphatic carbocycles. The van der Waals surface area contributed by atoms with E-state index in [9.17, 15) is 9.59 Å². The maximum atomic E-state index is 12.3. The van der Waals surface area contributed by atoms with Crippen LogP contribution in [0.4, 0.5) is 5.69 Å². The summed E-state index contributed by atoms with van der Waals surface area (Å²) in [7, 11) is 0. The Morgan fingerprint density at radius 3 is 2.72 bits per heavy atom. The largest absolute Gasteiger partial charge is 0.454 e. The van der Waals surface area contributed by atoms with Crippen molar-refractivity contribution >= 4 is 23.6 Å². The number of aromatic nitrogens is 1. The molecule has 1 aliphatic heterocycles. The van der Waals surface area contributed by atoms with E-state index in [0.717, 1.165) is 11.3 Å². The SMILES string of the molecule is Cc1cc(/C=C/C(=O)O[C@H](C)C(=O)Nc2ccc3c(c2)OCO3)c(C)n1C1CC1. The van der Waals surface area contributed by atoms with Crippen molar-refractivity contribution in [3.8, 4) is 11.5 Å². The highest BCUT2D eigenvalue weighted by atomic mass is 16.7. The number of carbonyl (C=O) groups is 2. The fraction of sp³-hybridized carbons (Fsp3) is 0.364. The maximum Gasteiger partial charge on any atom is 0.331 e. The minimum absolute atomic E-state index is 0.163. The summed E-state index contributed by atoms with van der Waals surface area (Å²) in [4.78, 5) is 24.5. The van der Waals surface area contributed by atoms with Gasteiger partial charge in [0.25, 0.3) is 5.91 Å². The van der Waals surface area contributed by atoms with Crippen LogP contribution in [0.1, 0.15) is 42.8 Å². The highest BCUT2D eigenvalue weighted by Crippen LogP contribution is 2.38. The summed E-state index contributed by atoms with van der Waals surface area (Å²) in [5.74, 6) is 0.222. The Balaban J connectivity index is 1.33. The first-order chi connectivity index (χ1) is 13.9. The van der Waals surface area contributed by atoms with E-state index in [1.54, 1.807) is 24.3 Å². The molecule has 4 rings (SSSR count). The third-order valence-electron chi connectivity index (χ3n) is 5.14. The summed E-state index contributed by atoms with van der Waals surface area (Å²) < 4.78 is 18.1. The van der Waals surface area contributed by atoms with Crippen LogP contribution in [-0.4, -0.2) is 29.3 Å². The van der Waals surface area contributed by atoms with Gasteiger partial charge in [0.05, 0.1) is 0 Å². The van der Waals surface area contributed by atoms with Gasteiger partial charge in [0.2, 0.25) is 6.79 Å². The van der Waals surface area contributed by atoms with E-state index in [4.69, 9.17) is 14.2 Å². The van der Waals surface area contributed by atoms with Crippen molar-refractivity contribution in [3.63, 3.8) is 0 Å². The van der Waals surface area contributed by atoms with Gasteiger partial charge < -0.3 is 24.1 Å². The summed E-state index contributed by atoms with van der Waals surface area (Å²) in [6.45, 7) is 5.82. The highest BCUT2D eigenvalue weighted by molar-refractivity contribution is 5.96. The molecule has 1 aromatic carbocycles. The quantitative estimate of drug-likeness (QED) is 0.594. The number of rotatable bonds is 6. The van der Waals surface area contributed by atoms with E-state index in [-0.39, 0.29) is 6.79 Å². The number of nitrogens with one attached hydrogen (secondary N) is 1. The monoisotopic (exact) mass is 396 g/mol. The number of hydrogen-bond acceptors (Lipinski definition) is 5. The molecule has 0 bridgehead atoms. The van der Waals surface area contributed by atoms with Gasteiger partial charge in [-0.05, 0) is 63.5 Å². The lowest BCUT2D eigenvalue weighted by Crippen LogP contribution is -2.29. The van der Waals surface area contributed by atoms with Crippen LogP contribution in [0.15, 0.2) is 30.3 Å². The Bertz CT molecular complexity index is 987. The van der Waals surface area contributed by atoms with Gasteiger partial charge in [-0.25, -0.2) is 4.79 Å². The minimum Gasteiger partial charge on any atom is -0.454 e. The molecule has 7 heteroatoms. The molecular formula is C22H24N2O5. The maximum absolute atomic E-state index is 12.3. The molecule has 2 aromatic rings. The van der Waals surface area contributed by atoms with Gasteiger partial charge >= 0.3 is 5.97 Å². The van der Waals surface area contributed by atoms with Crippen molar-refractivity contribution in [2.24, 2.45) is 0 Å². The average Bonchev–Trinajstić information content (AvgIpc) is 3.32. The summed E-state index contributed by atoms with van der Waals surface area (Å²) in [6.07, 6.45) is 4.58. The lowest BCUT2D eigenvalue weighted by Gasteiger charge is -2.12. The number of carbonyl (C=O) groups excluding carboxylic acids is 2. The Morgan fingerprint density at radius 2 is 1.97 bits per heavy atom. The number of ether oxygens (including phenoxy) is 3. The van der Waals surface area contributed by atoms with Crippen molar-refractivity contribution < 1.29 is 23.8 Å². The number of fused-ring (bicyclic) bond motifs is 1. The van der Waals surface area contributed by atoms with Gasteiger partial charge in [0.1, 0.15) is 0 Å². The normalized spacial score (nSPS) is 16.1. The fourth-order valence-corrected chi connectivity index (χ4v) is 3.51. The standard InChI is InChI=1S/C22H24N2O5/c1-13-10-16(14(2)24(13)18-6-7-18)4-9-21(25)29-15(3)22(26)23-17-5-8-19-20(11-17)28-12-27-19/h4-5,8-11,15,18H,6-7,12H2,1-3H3,(H,23,26)/b9-4+/t15-/m1/s1. The lowest BCUT2D eigenvalue weighted by molar-refractivity contribution is -0.148. The first-order valence-corrected chi connectivity index (χ1v) is 9.70. The Morgan fingerprint density at radius 1 is 1.21 bits per heavy atom. The molecule has 0 unspecified atom stereocenters. The molecule has 1 amide bonds. The van der Waals surface area contributed by atoms with Crippen molar-refractivity contribution in [2.75, 3.05) is 12.1 Å². The van der Waals surface area contributed by atoms with E-state index in [2.05, 4.69) is 29.8 Å². The van der Waals surface area contributed by atoms with Crippen molar-refractivity contribution in [3.05, 3.63) is 47.3 Å². The zero-order valence-corrected chi connectivity index (χ0v) is 16.7. The lowest BCUT2D eigenvalue weighted by atomic mass is 10.2. The van der Waals surface area contributed by atoms with E-state index < -0.39 is 18.0 Å². The molecule has 1 fully saturated rings. The van der Waals surface area contributed by atoms with Crippen LogP contribution in [0.5, 0.6) is 11.5 Å². The van der Waals surface area contributed by atoms with Gasteiger partial charge in [-0.3, -0.25) is 4.79 Å². The average molecular weight is 396 g/mol. The van der Waals surface area contributed by atoms with Crippen LogP contribution in [0.3, 0.4) is 0 Å². The Labute approximate surface area is 169 Å². The summed E-state index contributed by atoms with van der Waals surface area (Å²) in [5, 5.41) is 2.71. The second-order valence-corrected chi connectivity index (χ2v) is 7.40. The number of benzene rings is 1. The van der Waals surface area contributed by atoms with Crippen LogP contribution in [-0.2, 0) is 14.3 Å². The number of amides is 1. The second-order valence-electron chi connectivity index (χ2n) is 7.40. The molecule has 2 aliphatic rings. The van der Waals surface area contributed by atoms with Crippen LogP contribution < -0.4 is 14.8 Å². The first kappa shape index (κ1) is 19.1. The van der Waals surface area contributed by atoms with Crippen molar-refractivity contribution in [2.45, 2.75) is 45.8 Å². The number of esters is 1. The molecule has 1 aromatic heterocycles. The topological polar surface area (TPSA) is 78.8 Å². The van der Waals surface area contributed by atoms with E-state index in [1.807, 2.05) is 0 Å². The molecule has 152 valence electrons. The zero-order chi connectivity index (χ0) is 20.5. The third-order valence-corrected chi connectivity index (χ3v) is 5.14. The highest BCUT2D eigenvalue weighted by Gasteiger charge is 2.26. The van der Waals surface area contributed by atoms with Gasteiger partial charge in [-0.15, -0.1) is 0 Å². The molecule has 7 nitrogen and oxygen atoms in total. The van der Waals surface area contributed by atoms with Gasteiger partial charge in [0.15, 0.2) is 17.6 Å². The molecular weight excluding hydrogens is 372 g/mol. The number of hydrogen-bond donors (Lipinski definition) is 1. The van der Waals surface area contributed by atoms with Crippen LogP contribution in [0.2, 0.25) is 0 Å². The fourth-order valence-electron chi connectivity index (χ4n) is 3.51. The van der Waals surface area contributed by atoms with Gasteiger partial charge in [0, 0.05) is 35.3 Å². The third kappa shape index (κ3) is 4.13. The summed E-state index contributed by atoms with van der Waals surface area (Å²) in [6, 6.07) is 7.74. The Kier molecular flexibility index (Phi) is 5.05. The predicted octanol–water partition coefficient (Wildman–Crippen LogP) is 3.75. The molecule has 0 radical (unpaired) electrons. The van der Waals surface area contributed by atoms with E-state index in [0.29, 0.717) is 23.2 Å². The van der Waals surface area contributed by atoms with Gasteiger partial charge in [-0.2, -0.15) is 0 Å². The van der Waals surface area contributed by atoms with Crippen LogP contribution in [0.25, 0.3) is 6.08 Å². The van der Waals surface area contributed by atoms with Crippen LogP contribution in [0, 0.1) is 13.8 Å². The molecule has 1 atom stereocenters. The second kappa shape index (κ2) is 7.66. The zero-order valence-electron chi connectivity index (χ0n) is 16.7. The van der Waals surface area contributed by atoms with Gasteiger partial charge in [-0.1, -0.05) is 0 Å². The minimum atomic E-state index is -0.934. The number of aryl methyl sites for hydroxylation is 1. The number of anilines is 1. The summed E-state index contributed by atoms with van der Waals surface area (Å²) in [5.41, 5.74) is 3.87. The Hall–Kier alpha value is -3.22. The molecule has 1 saturated carbocycles. The van der Waals surface area contributed by atoms with Crippen molar-refractivity contribution in [1.82, 2.24) is 4.57 Å².